The summed E-state index contributed by atoms with van der Waals surface area (Å²) in [6.45, 7) is 2.47. The number of hydrogen-bond acceptors (Lipinski definition) is 5. The zero-order chi connectivity index (χ0) is 15.2. The molecule has 0 spiro atoms. The van der Waals surface area contributed by atoms with Crippen LogP contribution in [0.4, 0.5) is 0 Å². The molecule has 0 fully saturated rings. The Morgan fingerprint density at radius 2 is 2.19 bits per heavy atom. The Kier molecular flexibility index (Phi) is 3.46. The van der Waals surface area contributed by atoms with Gasteiger partial charge in [0.25, 0.3) is 0 Å². The zero-order valence-electron chi connectivity index (χ0n) is 11.5. The van der Waals surface area contributed by atoms with E-state index in [9.17, 15) is 8.42 Å². The molecule has 0 atom stereocenters. The number of thiazole rings is 1. The van der Waals surface area contributed by atoms with E-state index in [4.69, 9.17) is 12.2 Å². The van der Waals surface area contributed by atoms with Crippen molar-refractivity contribution in [2.75, 3.05) is 6.26 Å². The van der Waals surface area contributed by atoms with E-state index < -0.39 is 9.84 Å². The Balaban J connectivity index is 2.21. The van der Waals surface area contributed by atoms with Gasteiger partial charge in [0.05, 0.1) is 33.2 Å². The smallest absolute Gasteiger partial charge is 0.178 e. The highest BCUT2D eigenvalue weighted by Gasteiger charge is 2.15. The van der Waals surface area contributed by atoms with Crippen LogP contribution in [-0.4, -0.2) is 29.2 Å². The number of fused-ring (bicyclic) bond motifs is 1. The van der Waals surface area contributed by atoms with Gasteiger partial charge in [-0.1, -0.05) is 6.07 Å². The van der Waals surface area contributed by atoms with Crippen molar-refractivity contribution in [2.45, 2.75) is 18.4 Å². The highest BCUT2D eigenvalue weighted by Crippen LogP contribution is 2.23. The average Bonchev–Trinajstić information content (AvgIpc) is 2.93. The number of imidazole rings is 1. The van der Waals surface area contributed by atoms with Gasteiger partial charge in [-0.15, -0.1) is 11.3 Å². The molecule has 3 rings (SSSR count). The Labute approximate surface area is 131 Å². The van der Waals surface area contributed by atoms with Crippen LogP contribution in [0, 0.1) is 11.7 Å². The molecule has 5 nitrogen and oxygen atoms in total. The van der Waals surface area contributed by atoms with E-state index >= 15 is 0 Å². The van der Waals surface area contributed by atoms with E-state index in [1.54, 1.807) is 23.5 Å². The number of para-hydroxylation sites is 1. The summed E-state index contributed by atoms with van der Waals surface area (Å²) in [5, 5.41) is 2.98. The van der Waals surface area contributed by atoms with Gasteiger partial charge in [0.2, 0.25) is 0 Å². The Morgan fingerprint density at radius 3 is 2.81 bits per heavy atom. The number of rotatable bonds is 3. The third-order valence-electron chi connectivity index (χ3n) is 3.16. The lowest BCUT2D eigenvalue weighted by Crippen LogP contribution is -2.01. The Hall–Kier alpha value is -1.51. The van der Waals surface area contributed by atoms with Gasteiger partial charge in [-0.2, -0.15) is 0 Å². The van der Waals surface area contributed by atoms with Crippen molar-refractivity contribution in [2.24, 2.45) is 0 Å². The molecule has 2 aromatic heterocycles. The van der Waals surface area contributed by atoms with Gasteiger partial charge in [-0.25, -0.2) is 13.4 Å². The normalized spacial score (nSPS) is 12.1. The predicted octanol–water partition coefficient (Wildman–Crippen LogP) is 2.92. The van der Waals surface area contributed by atoms with Crippen molar-refractivity contribution >= 4 is 44.4 Å². The van der Waals surface area contributed by atoms with E-state index in [1.165, 1.54) is 6.26 Å². The summed E-state index contributed by atoms with van der Waals surface area (Å²) in [6.07, 6.45) is 1.19. The summed E-state index contributed by atoms with van der Waals surface area (Å²) in [5.41, 5.74) is 2.24. The van der Waals surface area contributed by atoms with Crippen LogP contribution in [0.15, 0.2) is 28.5 Å². The van der Waals surface area contributed by atoms with Crippen LogP contribution in [-0.2, 0) is 16.4 Å². The summed E-state index contributed by atoms with van der Waals surface area (Å²) in [7, 11) is -3.31. The maximum atomic E-state index is 11.9. The highest BCUT2D eigenvalue weighted by molar-refractivity contribution is 7.91. The van der Waals surface area contributed by atoms with Gasteiger partial charge < -0.3 is 9.55 Å². The molecule has 0 saturated carbocycles. The summed E-state index contributed by atoms with van der Waals surface area (Å²) in [5.74, 6) is 0. The molecule has 0 unspecified atom stereocenters. The molecule has 0 aliphatic heterocycles. The molecule has 0 aliphatic carbocycles. The third kappa shape index (κ3) is 2.66. The number of nitrogens with one attached hydrogen (secondary N) is 1. The van der Waals surface area contributed by atoms with Gasteiger partial charge in [0.1, 0.15) is 0 Å². The molecular formula is C13H13N3O2S3. The van der Waals surface area contributed by atoms with Gasteiger partial charge in [-0.3, -0.25) is 0 Å². The number of aromatic amines is 1. The summed E-state index contributed by atoms with van der Waals surface area (Å²) >= 11 is 6.91. The van der Waals surface area contributed by atoms with E-state index in [1.807, 2.05) is 22.9 Å². The topological polar surface area (TPSA) is 67.8 Å². The molecule has 1 aromatic carbocycles. The summed E-state index contributed by atoms with van der Waals surface area (Å²) in [6, 6.07) is 5.17. The first-order valence-electron chi connectivity index (χ1n) is 6.19. The minimum atomic E-state index is -3.31. The van der Waals surface area contributed by atoms with Crippen molar-refractivity contribution < 1.29 is 8.42 Å². The molecule has 0 amide bonds. The first-order valence-corrected chi connectivity index (χ1v) is 9.37. The van der Waals surface area contributed by atoms with Crippen LogP contribution < -0.4 is 0 Å². The summed E-state index contributed by atoms with van der Waals surface area (Å²) in [4.78, 5) is 7.69. The molecule has 110 valence electrons. The second kappa shape index (κ2) is 5.04. The van der Waals surface area contributed by atoms with E-state index in [2.05, 4.69) is 9.97 Å². The number of aryl methyl sites for hydroxylation is 1. The van der Waals surface area contributed by atoms with Crippen LogP contribution in [0.5, 0.6) is 0 Å². The fourth-order valence-electron chi connectivity index (χ4n) is 2.26. The number of aromatic nitrogens is 3. The first-order chi connectivity index (χ1) is 9.86. The molecule has 21 heavy (non-hydrogen) atoms. The quantitative estimate of drug-likeness (QED) is 0.745. The van der Waals surface area contributed by atoms with Crippen LogP contribution in [0.2, 0.25) is 0 Å². The van der Waals surface area contributed by atoms with Gasteiger partial charge in [-0.05, 0) is 31.3 Å². The maximum absolute atomic E-state index is 11.9. The largest absolute Gasteiger partial charge is 0.329 e. The van der Waals surface area contributed by atoms with Gasteiger partial charge in [0.15, 0.2) is 14.6 Å². The second-order valence-electron chi connectivity index (χ2n) is 4.80. The Bertz CT molecular complexity index is 980. The molecule has 1 N–H and O–H groups in total. The molecule has 0 bridgehead atoms. The molecule has 8 heteroatoms. The number of hydrogen-bond donors (Lipinski definition) is 1. The van der Waals surface area contributed by atoms with Gasteiger partial charge in [0, 0.05) is 11.6 Å². The van der Waals surface area contributed by atoms with Crippen molar-refractivity contribution in [3.05, 3.63) is 39.1 Å². The van der Waals surface area contributed by atoms with Crippen LogP contribution in [0.1, 0.15) is 10.7 Å². The molecule has 3 aromatic rings. The maximum Gasteiger partial charge on any atom is 0.178 e. The predicted molar refractivity (Wildman–Crippen MR) is 86.2 cm³/mol. The molecule has 0 radical (unpaired) electrons. The van der Waals surface area contributed by atoms with Gasteiger partial charge >= 0.3 is 0 Å². The monoisotopic (exact) mass is 339 g/mol. The van der Waals surface area contributed by atoms with E-state index in [0.29, 0.717) is 16.8 Å². The lowest BCUT2D eigenvalue weighted by atomic mass is 10.3. The summed E-state index contributed by atoms with van der Waals surface area (Å²) < 4.78 is 26.1. The van der Waals surface area contributed by atoms with Crippen molar-refractivity contribution in [3.63, 3.8) is 0 Å². The third-order valence-corrected chi connectivity index (χ3v) is 5.44. The van der Waals surface area contributed by atoms with E-state index in [0.717, 1.165) is 16.2 Å². The van der Waals surface area contributed by atoms with Crippen LogP contribution in [0.25, 0.3) is 11.0 Å². The van der Waals surface area contributed by atoms with Crippen molar-refractivity contribution in [1.82, 2.24) is 14.5 Å². The lowest BCUT2D eigenvalue weighted by molar-refractivity contribution is 0.602. The number of benzene rings is 1. The minimum Gasteiger partial charge on any atom is -0.329 e. The molecule has 2 heterocycles. The number of sulfone groups is 1. The van der Waals surface area contributed by atoms with Crippen molar-refractivity contribution in [1.29, 1.82) is 0 Å². The van der Waals surface area contributed by atoms with Crippen molar-refractivity contribution in [3.8, 4) is 0 Å². The number of H-pyrrole nitrogens is 1. The minimum absolute atomic E-state index is 0.263. The molecule has 0 aliphatic rings. The van der Waals surface area contributed by atoms with Crippen LogP contribution >= 0.6 is 23.6 Å². The highest BCUT2D eigenvalue weighted by atomic mass is 32.2. The standard InChI is InChI=1S/C13H13N3O2S3/c1-8-14-9(7-20-8)6-16-10-4-3-5-11(21(2,17)18)12(10)15-13(16)19/h3-5,7H,6H2,1-2H3,(H,15,19). The average molecular weight is 339 g/mol. The Morgan fingerprint density at radius 1 is 1.43 bits per heavy atom. The zero-order valence-corrected chi connectivity index (χ0v) is 13.9. The number of nitrogens with zero attached hydrogens (tertiary/aromatic N) is 2. The lowest BCUT2D eigenvalue weighted by Gasteiger charge is -2.03. The molecule has 0 saturated heterocycles. The fraction of sp³-hybridized carbons (Fsp3) is 0.231. The van der Waals surface area contributed by atoms with Crippen LogP contribution in [0.3, 0.4) is 0 Å². The molecular weight excluding hydrogens is 326 g/mol. The second-order valence-corrected chi connectivity index (χ2v) is 8.23. The fourth-order valence-corrected chi connectivity index (χ4v) is 3.98. The SMILES string of the molecule is Cc1nc(Cn2c(=S)[nH]c3c(S(C)(=O)=O)cccc32)cs1. The first kappa shape index (κ1) is 14.4. The van der Waals surface area contributed by atoms with E-state index in [-0.39, 0.29) is 4.90 Å².